The SMILES string of the molecule is CCOC(=O)[C@@H](C)NC(=O)N1C(c2ccc(OC)cc2OC(C)C)=N[C@H](c2ccc(Cl)cc2)[C@@H]1c1ccc(Cl)cc1. The standard InChI is InChI=1S/C31H33Cl2N3O5/c1-6-40-30(37)19(4)34-31(38)36-28(21-9-13-23(33)14-10-21)27(20-7-11-22(32)12-8-20)35-29(36)25-16-15-24(39-5)17-26(25)41-18(2)3/h7-19,27-28H,6H2,1-5H3,(H,34,38)/t19-,27-,28+/m1/s1. The Morgan fingerprint density at radius 3 is 2.12 bits per heavy atom. The Morgan fingerprint density at radius 1 is 0.951 bits per heavy atom. The van der Waals surface area contributed by atoms with Gasteiger partial charge in [-0.25, -0.2) is 9.59 Å². The summed E-state index contributed by atoms with van der Waals surface area (Å²) in [6.45, 7) is 7.32. The van der Waals surface area contributed by atoms with E-state index in [9.17, 15) is 9.59 Å². The number of nitrogens with one attached hydrogen (secondary N) is 1. The maximum Gasteiger partial charge on any atom is 0.328 e. The predicted octanol–water partition coefficient (Wildman–Crippen LogP) is 7.00. The van der Waals surface area contributed by atoms with E-state index in [0.29, 0.717) is 32.9 Å². The van der Waals surface area contributed by atoms with Crippen molar-refractivity contribution < 1.29 is 23.8 Å². The van der Waals surface area contributed by atoms with Crippen LogP contribution in [0.1, 0.15) is 56.5 Å². The first kappa shape index (κ1) is 30.2. The van der Waals surface area contributed by atoms with E-state index >= 15 is 0 Å². The first-order chi connectivity index (χ1) is 19.6. The molecule has 0 radical (unpaired) electrons. The van der Waals surface area contributed by atoms with Crippen LogP contribution in [0.25, 0.3) is 0 Å². The predicted molar refractivity (Wildman–Crippen MR) is 160 cm³/mol. The number of rotatable bonds is 9. The second-order valence-electron chi connectivity index (χ2n) is 9.77. The number of amidine groups is 1. The molecule has 1 aliphatic heterocycles. The van der Waals surface area contributed by atoms with Crippen LogP contribution in [-0.4, -0.2) is 48.6 Å². The van der Waals surface area contributed by atoms with Gasteiger partial charge in [-0.05, 0) is 75.2 Å². The number of urea groups is 1. The Kier molecular flexibility index (Phi) is 9.78. The number of nitrogens with zero attached hydrogens (tertiary/aromatic N) is 2. The average Bonchev–Trinajstić information content (AvgIpc) is 3.34. The molecule has 2 amide bonds. The first-order valence-corrected chi connectivity index (χ1v) is 14.1. The molecule has 0 fully saturated rings. The fourth-order valence-electron chi connectivity index (χ4n) is 4.61. The van der Waals surface area contributed by atoms with Crippen molar-refractivity contribution in [1.29, 1.82) is 0 Å². The molecule has 0 spiro atoms. The lowest BCUT2D eigenvalue weighted by molar-refractivity contribution is -0.144. The van der Waals surface area contributed by atoms with Crippen LogP contribution in [0.5, 0.6) is 11.5 Å². The van der Waals surface area contributed by atoms with Gasteiger partial charge in [0.1, 0.15) is 29.4 Å². The number of halogens is 2. The first-order valence-electron chi connectivity index (χ1n) is 13.3. The molecule has 1 heterocycles. The van der Waals surface area contributed by atoms with Crippen LogP contribution in [0, 0.1) is 0 Å². The van der Waals surface area contributed by atoms with E-state index in [1.807, 2.05) is 44.2 Å². The lowest BCUT2D eigenvalue weighted by Crippen LogP contribution is -2.49. The number of aliphatic imine (C=N–C) groups is 1. The molecule has 10 heteroatoms. The van der Waals surface area contributed by atoms with E-state index in [4.69, 9.17) is 42.4 Å². The van der Waals surface area contributed by atoms with Gasteiger partial charge in [-0.3, -0.25) is 9.89 Å². The minimum Gasteiger partial charge on any atom is -0.497 e. The number of carbonyl (C=O) groups is 2. The largest absolute Gasteiger partial charge is 0.497 e. The Morgan fingerprint density at radius 2 is 1.56 bits per heavy atom. The molecule has 0 saturated heterocycles. The molecule has 4 rings (SSSR count). The highest BCUT2D eigenvalue weighted by Crippen LogP contribution is 2.45. The molecule has 1 N–H and O–H groups in total. The maximum atomic E-state index is 14.1. The highest BCUT2D eigenvalue weighted by Gasteiger charge is 2.44. The van der Waals surface area contributed by atoms with Crippen LogP contribution in [-0.2, 0) is 9.53 Å². The summed E-state index contributed by atoms with van der Waals surface area (Å²) in [7, 11) is 1.57. The fraction of sp³-hybridized carbons (Fsp3) is 0.323. The number of methoxy groups -OCH3 is 1. The molecule has 0 saturated carbocycles. The highest BCUT2D eigenvalue weighted by molar-refractivity contribution is 6.30. The van der Waals surface area contributed by atoms with Gasteiger partial charge in [0.05, 0.1) is 31.4 Å². The van der Waals surface area contributed by atoms with Gasteiger partial charge in [0.2, 0.25) is 0 Å². The normalized spacial score (nSPS) is 17.2. The molecule has 0 bridgehead atoms. The van der Waals surface area contributed by atoms with Crippen LogP contribution in [0.15, 0.2) is 71.7 Å². The van der Waals surface area contributed by atoms with Gasteiger partial charge in [-0.1, -0.05) is 47.5 Å². The quantitative estimate of drug-likeness (QED) is 0.268. The highest BCUT2D eigenvalue weighted by atomic mass is 35.5. The van der Waals surface area contributed by atoms with Gasteiger partial charge in [0.25, 0.3) is 0 Å². The van der Waals surface area contributed by atoms with Crippen molar-refractivity contribution >= 4 is 41.0 Å². The third-order valence-electron chi connectivity index (χ3n) is 6.48. The average molecular weight is 599 g/mol. The van der Waals surface area contributed by atoms with E-state index in [2.05, 4.69) is 5.32 Å². The van der Waals surface area contributed by atoms with Crippen molar-refractivity contribution in [2.45, 2.75) is 51.9 Å². The molecule has 216 valence electrons. The molecular weight excluding hydrogens is 565 g/mol. The van der Waals surface area contributed by atoms with Crippen LogP contribution in [0.4, 0.5) is 4.79 Å². The third kappa shape index (κ3) is 6.94. The zero-order valence-corrected chi connectivity index (χ0v) is 25.1. The lowest BCUT2D eigenvalue weighted by Gasteiger charge is -2.31. The molecule has 0 unspecified atom stereocenters. The topological polar surface area (TPSA) is 89.5 Å². The molecule has 41 heavy (non-hydrogen) atoms. The van der Waals surface area contributed by atoms with E-state index in [-0.39, 0.29) is 12.7 Å². The van der Waals surface area contributed by atoms with Gasteiger partial charge in [-0.2, -0.15) is 0 Å². The summed E-state index contributed by atoms with van der Waals surface area (Å²) in [4.78, 5) is 33.2. The van der Waals surface area contributed by atoms with Crippen molar-refractivity contribution in [2.75, 3.05) is 13.7 Å². The van der Waals surface area contributed by atoms with Gasteiger partial charge in [0.15, 0.2) is 0 Å². The van der Waals surface area contributed by atoms with Crippen LogP contribution >= 0.6 is 23.2 Å². The van der Waals surface area contributed by atoms with Gasteiger partial charge in [-0.15, -0.1) is 0 Å². The lowest BCUT2D eigenvalue weighted by atomic mass is 9.94. The minimum atomic E-state index is -0.897. The summed E-state index contributed by atoms with van der Waals surface area (Å²) in [5, 5.41) is 3.94. The molecule has 3 atom stereocenters. The summed E-state index contributed by atoms with van der Waals surface area (Å²) < 4.78 is 16.7. The monoisotopic (exact) mass is 597 g/mol. The number of ether oxygens (including phenoxy) is 3. The Balaban J connectivity index is 1.91. The minimum absolute atomic E-state index is 0.159. The number of amides is 2. The van der Waals surface area contributed by atoms with E-state index in [1.165, 1.54) is 0 Å². The molecule has 3 aromatic carbocycles. The molecule has 0 aliphatic carbocycles. The molecule has 0 aromatic heterocycles. The number of hydrogen-bond acceptors (Lipinski definition) is 6. The fourth-order valence-corrected chi connectivity index (χ4v) is 4.87. The number of carbonyl (C=O) groups excluding carboxylic acids is 2. The summed E-state index contributed by atoms with van der Waals surface area (Å²) in [6, 6.07) is 17.5. The summed E-state index contributed by atoms with van der Waals surface area (Å²) in [5.74, 6) is 0.931. The van der Waals surface area contributed by atoms with Crippen molar-refractivity contribution in [3.63, 3.8) is 0 Å². The molecular formula is C31H33Cl2N3O5. The smallest absolute Gasteiger partial charge is 0.328 e. The van der Waals surface area contributed by atoms with Crippen LogP contribution < -0.4 is 14.8 Å². The molecule has 1 aliphatic rings. The molecule has 8 nitrogen and oxygen atoms in total. The maximum absolute atomic E-state index is 14.1. The van der Waals surface area contributed by atoms with E-state index < -0.39 is 30.1 Å². The second-order valence-corrected chi connectivity index (χ2v) is 10.6. The van der Waals surface area contributed by atoms with E-state index in [0.717, 1.165) is 11.1 Å². The van der Waals surface area contributed by atoms with Crippen LogP contribution in [0.3, 0.4) is 0 Å². The zero-order chi connectivity index (χ0) is 29.7. The van der Waals surface area contributed by atoms with E-state index in [1.54, 1.807) is 62.3 Å². The van der Waals surface area contributed by atoms with Crippen molar-refractivity contribution in [1.82, 2.24) is 10.2 Å². The summed E-state index contributed by atoms with van der Waals surface area (Å²) >= 11 is 12.4. The van der Waals surface area contributed by atoms with Crippen molar-refractivity contribution in [3.8, 4) is 11.5 Å². The third-order valence-corrected chi connectivity index (χ3v) is 6.99. The number of hydrogen-bond donors (Lipinski definition) is 1. The van der Waals surface area contributed by atoms with Gasteiger partial charge < -0.3 is 19.5 Å². The summed E-state index contributed by atoms with van der Waals surface area (Å²) in [5.41, 5.74) is 2.24. The second kappa shape index (κ2) is 13.3. The van der Waals surface area contributed by atoms with Crippen LogP contribution in [0.2, 0.25) is 10.0 Å². The zero-order valence-electron chi connectivity index (χ0n) is 23.6. The van der Waals surface area contributed by atoms with Crippen molar-refractivity contribution in [2.24, 2.45) is 4.99 Å². The Labute approximate surface area is 250 Å². The Hall–Kier alpha value is -3.75. The number of benzene rings is 3. The van der Waals surface area contributed by atoms with Gasteiger partial charge >= 0.3 is 12.0 Å². The van der Waals surface area contributed by atoms with Gasteiger partial charge in [0, 0.05) is 16.1 Å². The Bertz CT molecular complexity index is 1410. The van der Waals surface area contributed by atoms with Crippen molar-refractivity contribution in [3.05, 3.63) is 93.5 Å². The number of esters is 1. The molecule has 3 aromatic rings. The summed E-state index contributed by atoms with van der Waals surface area (Å²) in [6.07, 6.45) is -0.159.